The van der Waals surface area contributed by atoms with E-state index in [2.05, 4.69) is 273 Å². The molecular weight excluding hydrogens is 963 g/mol. The lowest BCUT2D eigenvalue weighted by molar-refractivity contribution is -0.660. The maximum Gasteiger partial charge on any atom is 0.294 e. The van der Waals surface area contributed by atoms with E-state index in [-0.39, 0.29) is 0 Å². The van der Waals surface area contributed by atoms with Crippen LogP contribution < -0.4 is 18.6 Å². The molecule has 0 fully saturated rings. The third-order valence-electron chi connectivity index (χ3n) is 11.8. The molecule has 0 spiro atoms. The highest BCUT2D eigenvalue weighted by Crippen LogP contribution is 2.30. The molecule has 1 aliphatic rings. The summed E-state index contributed by atoms with van der Waals surface area (Å²) in [5.74, 6) is 1.24. The third kappa shape index (κ3) is 21.6. The van der Waals surface area contributed by atoms with Crippen molar-refractivity contribution in [1.29, 1.82) is 0 Å². The van der Waals surface area contributed by atoms with Gasteiger partial charge in [-0.3, -0.25) is 0 Å². The Balaban J connectivity index is -0.000000894. The summed E-state index contributed by atoms with van der Waals surface area (Å²) in [6, 6.07) is 46.8. The highest BCUT2D eigenvalue weighted by molar-refractivity contribution is 6.12. The summed E-state index contributed by atoms with van der Waals surface area (Å²) in [4.78, 5) is 4.49. The van der Waals surface area contributed by atoms with E-state index in [1.807, 2.05) is 131 Å². The Kier molecular flexibility index (Phi) is 43.4. The van der Waals surface area contributed by atoms with Gasteiger partial charge >= 0.3 is 0 Å². The number of fused-ring (bicyclic) bond motifs is 6. The van der Waals surface area contributed by atoms with E-state index < -0.39 is 0 Å². The molecule has 0 radical (unpaired) electrons. The first kappa shape index (κ1) is 76.2. The maximum absolute atomic E-state index is 2.29. The highest BCUT2D eigenvalue weighted by atomic mass is 15.4. The Morgan fingerprint density at radius 2 is 0.848 bits per heavy atom. The second-order valence-corrected chi connectivity index (χ2v) is 16.1. The first-order chi connectivity index (χ1) is 38.5. The number of pyridine rings is 2. The monoisotopic (exact) mass is 1080 g/mol. The van der Waals surface area contributed by atoms with Crippen LogP contribution in [0, 0.1) is 27.7 Å². The fourth-order valence-corrected chi connectivity index (χ4v) is 8.28. The Morgan fingerprint density at radius 1 is 0.392 bits per heavy atom. The lowest BCUT2D eigenvalue weighted by Gasteiger charge is -2.28. The summed E-state index contributed by atoms with van der Waals surface area (Å²) < 4.78 is 10.9. The molecule has 0 unspecified atom stereocenters. The van der Waals surface area contributed by atoms with Gasteiger partial charge < -0.3 is 9.80 Å². The van der Waals surface area contributed by atoms with Gasteiger partial charge in [0.1, 0.15) is 43.5 Å². The molecule has 79 heavy (non-hydrogen) atoms. The maximum atomic E-state index is 2.29. The molecule has 5 aromatic carbocycles. The minimum Gasteiger partial charge on any atom is -0.359 e. The van der Waals surface area contributed by atoms with Gasteiger partial charge in [0.05, 0.1) is 32.1 Å². The molecule has 0 amide bonds. The number of aromatic nitrogens is 5. The summed E-state index contributed by atoms with van der Waals surface area (Å²) in [6.07, 6.45) is 15.1. The van der Waals surface area contributed by atoms with Crippen LogP contribution in [-0.2, 0) is 28.2 Å². The topological polar surface area (TPSA) is 27.5 Å². The van der Waals surface area contributed by atoms with Gasteiger partial charge in [-0.15, -0.1) is 0 Å². The number of rotatable bonds is 3. The van der Waals surface area contributed by atoms with Crippen LogP contribution in [0.5, 0.6) is 0 Å². The van der Waals surface area contributed by atoms with Crippen LogP contribution in [0.15, 0.2) is 177 Å². The van der Waals surface area contributed by atoms with Gasteiger partial charge in [-0.25, -0.2) is 18.3 Å². The van der Waals surface area contributed by atoms with Gasteiger partial charge in [0.25, 0.3) is 11.5 Å². The average molecular weight is 1080 g/mol. The molecule has 0 aliphatic carbocycles. The van der Waals surface area contributed by atoms with Crippen LogP contribution in [0.4, 0.5) is 5.69 Å². The van der Waals surface area contributed by atoms with Crippen molar-refractivity contribution in [1.82, 2.24) is 13.9 Å². The average Bonchev–Trinajstić information content (AvgIpc) is 4.20. The normalized spacial score (nSPS) is 10.8. The molecule has 7 heteroatoms. The predicted molar refractivity (Wildman–Crippen MR) is 355 cm³/mol. The van der Waals surface area contributed by atoms with Crippen LogP contribution in [-0.4, -0.2) is 27.1 Å². The molecule has 0 saturated carbocycles. The van der Waals surface area contributed by atoms with Gasteiger partial charge in [0.2, 0.25) is 5.69 Å². The zero-order chi connectivity index (χ0) is 61.2. The molecule has 0 N–H and O–H groups in total. The summed E-state index contributed by atoms with van der Waals surface area (Å²) >= 11 is 0. The first-order valence-electron chi connectivity index (χ1n) is 30.0. The van der Waals surface area contributed by atoms with E-state index in [1.54, 1.807) is 0 Å². The molecule has 7 nitrogen and oxygen atoms in total. The van der Waals surface area contributed by atoms with Gasteiger partial charge in [-0.05, 0) is 87.2 Å². The van der Waals surface area contributed by atoms with Gasteiger partial charge in [0, 0.05) is 53.6 Å². The van der Waals surface area contributed by atoms with Crippen LogP contribution in [0.1, 0.15) is 154 Å². The van der Waals surface area contributed by atoms with E-state index in [9.17, 15) is 0 Å². The minimum atomic E-state index is 0.413. The Bertz CT molecular complexity index is 2910. The van der Waals surface area contributed by atoms with Crippen molar-refractivity contribution in [2.75, 3.05) is 11.9 Å². The number of hydrogen-bond acceptors (Lipinski definition) is 2. The Morgan fingerprint density at radius 3 is 1.34 bits per heavy atom. The smallest absolute Gasteiger partial charge is 0.294 e. The first-order valence-corrected chi connectivity index (χ1v) is 30.0. The van der Waals surface area contributed by atoms with Crippen LogP contribution in [0.25, 0.3) is 50.0 Å². The van der Waals surface area contributed by atoms with Crippen molar-refractivity contribution in [2.45, 2.75) is 165 Å². The SMILES string of the molecule is CC.CC.CC.CC.CC.CC.CC.CC.CC.Cc1cccc2c3ccccc3n3cc[n+](C)c3c12.Cc1ccccc1-c1cccc[n+]1C.Cc1ccccc1-c1n(C)cc[n+]1C.Cc1ccccc1N1C=CN(C)[C@@H]1C. The number of benzene rings is 5. The zero-order valence-electron chi connectivity index (χ0n) is 55.5. The van der Waals surface area contributed by atoms with Crippen molar-refractivity contribution in [3.05, 3.63) is 199 Å². The van der Waals surface area contributed by atoms with Crippen molar-refractivity contribution >= 4 is 33.0 Å². The fraction of sp³-hybridized carbons (Fsp3) is 0.403. The van der Waals surface area contributed by atoms with Gasteiger partial charge in [-0.1, -0.05) is 216 Å². The summed E-state index contributed by atoms with van der Waals surface area (Å²) in [5.41, 5.74) is 12.9. The van der Waals surface area contributed by atoms with Crippen LogP contribution in [0.2, 0.25) is 0 Å². The molecule has 1 aliphatic heterocycles. The molecular formula is C72H114N7+3. The van der Waals surface area contributed by atoms with Gasteiger partial charge in [0.15, 0.2) is 6.20 Å². The van der Waals surface area contributed by atoms with E-state index in [1.165, 1.54) is 77.9 Å². The molecule has 0 saturated heterocycles. The lowest BCUT2D eigenvalue weighted by atomic mass is 10.0. The zero-order valence-corrected chi connectivity index (χ0v) is 55.5. The molecule has 10 rings (SSSR count). The predicted octanol–water partition coefficient (Wildman–Crippen LogP) is 19.5. The third-order valence-corrected chi connectivity index (χ3v) is 11.8. The molecule has 4 aromatic heterocycles. The summed E-state index contributed by atoms with van der Waals surface area (Å²) in [6.45, 7) is 46.8. The quantitative estimate of drug-likeness (QED) is 0.130. The Labute approximate surface area is 485 Å². The molecule has 434 valence electrons. The number of anilines is 1. The minimum absolute atomic E-state index is 0.413. The standard InChI is InChI=1S/C17H15N2.C13H14N.C12H15N2.C12H16N2.9C2H6/c1-12-6-5-8-14-13-7-3-4-9-15(13)19-11-10-18(2)17(19)16(12)14;1-11-7-3-4-8-12(11)13-9-5-6-10-14(13)2;1-10-6-4-5-7-11(10)12-13(2)8-9-14(12)3;1-10-6-4-5-7-12(10)14-9-8-13(3)11(14)2;9*1-2/h3-11H,1-2H3;3-10H,1-2H3;4-9H,1-3H3;4-9,11H,1-3H3;9*1-2H3/q3*+1;;;;;;;;;;/t;;;11-;;;;;;;;;/m...0........./s1. The van der Waals surface area contributed by atoms with Crippen LogP contribution in [0.3, 0.4) is 0 Å². The number of nitrogens with zero attached hydrogens (tertiary/aromatic N) is 7. The number of aryl methyl sites for hydroxylation is 8. The van der Waals surface area contributed by atoms with E-state index in [0.29, 0.717) is 6.17 Å². The summed E-state index contributed by atoms with van der Waals surface area (Å²) in [7, 11) is 10.4. The van der Waals surface area contributed by atoms with Crippen molar-refractivity contribution in [3.8, 4) is 22.6 Å². The fourth-order valence-electron chi connectivity index (χ4n) is 8.28. The molecule has 9 aromatic rings. The van der Waals surface area contributed by atoms with Crippen molar-refractivity contribution in [3.63, 3.8) is 0 Å². The molecule has 5 heterocycles. The van der Waals surface area contributed by atoms with Gasteiger partial charge in [-0.2, -0.15) is 4.40 Å². The second kappa shape index (κ2) is 44.9. The number of imidazole rings is 2. The summed E-state index contributed by atoms with van der Waals surface area (Å²) in [5, 5.41) is 3.98. The number of hydrogen-bond donors (Lipinski definition) is 0. The lowest BCUT2D eigenvalue weighted by Crippen LogP contribution is -2.33. The van der Waals surface area contributed by atoms with E-state index >= 15 is 0 Å². The van der Waals surface area contributed by atoms with Crippen molar-refractivity contribution in [2.24, 2.45) is 28.2 Å². The largest absolute Gasteiger partial charge is 0.359 e. The number of para-hydroxylation sites is 2. The molecule has 0 bridgehead atoms. The second-order valence-electron chi connectivity index (χ2n) is 16.1. The molecule has 1 atom stereocenters. The van der Waals surface area contributed by atoms with Crippen molar-refractivity contribution < 1.29 is 13.7 Å². The Hall–Kier alpha value is -6.99. The van der Waals surface area contributed by atoms with Crippen LogP contribution >= 0.6 is 0 Å². The van der Waals surface area contributed by atoms with E-state index in [0.717, 1.165) is 0 Å². The van der Waals surface area contributed by atoms with E-state index in [4.69, 9.17) is 0 Å². The highest BCUT2D eigenvalue weighted by Gasteiger charge is 2.21.